The first kappa shape index (κ1) is 29.3. The van der Waals surface area contributed by atoms with Crippen LogP contribution < -0.4 is 10.6 Å². The highest BCUT2D eigenvalue weighted by Crippen LogP contribution is 2.41. The van der Waals surface area contributed by atoms with Crippen LogP contribution in [0.15, 0.2) is 72.8 Å². The average molecular weight is 559 g/mol. The third-order valence-electron chi connectivity index (χ3n) is 8.34. The lowest BCUT2D eigenvalue weighted by Gasteiger charge is -2.26. The zero-order valence-corrected chi connectivity index (χ0v) is 26.1. The fraction of sp³-hybridized carbons (Fsp3) is 0.316. The number of anilines is 4. The van der Waals surface area contributed by atoms with Gasteiger partial charge in [-0.3, -0.25) is 9.59 Å². The number of carbonyl (C=O) groups excluding carboxylic acids is 2. The summed E-state index contributed by atoms with van der Waals surface area (Å²) in [5.41, 5.74) is 9.84. The van der Waals surface area contributed by atoms with Gasteiger partial charge in [-0.1, -0.05) is 116 Å². The van der Waals surface area contributed by atoms with Crippen LogP contribution in [0.1, 0.15) is 133 Å². The van der Waals surface area contributed by atoms with Gasteiger partial charge in [0, 0.05) is 22.5 Å². The summed E-state index contributed by atoms with van der Waals surface area (Å²) < 4.78 is 0. The van der Waals surface area contributed by atoms with Crippen LogP contribution in [-0.4, -0.2) is 11.6 Å². The van der Waals surface area contributed by atoms with Gasteiger partial charge >= 0.3 is 0 Å². The van der Waals surface area contributed by atoms with Gasteiger partial charge in [0.15, 0.2) is 11.6 Å². The van der Waals surface area contributed by atoms with Crippen molar-refractivity contribution in [3.8, 4) is 0 Å². The lowest BCUT2D eigenvalue weighted by atomic mass is 9.82. The highest BCUT2D eigenvalue weighted by molar-refractivity contribution is 6.32. The van der Waals surface area contributed by atoms with Crippen molar-refractivity contribution in [1.29, 1.82) is 0 Å². The van der Waals surface area contributed by atoms with E-state index in [2.05, 4.69) is 102 Å². The molecule has 0 fully saturated rings. The SMILES string of the molecule is CC(C)c1cccc(C(C)C)c1Nc1cccc2c1C(=O)c1cccc(Nc3c(C(C)C)cccc3C(C)C)c1C2=O. The molecule has 4 nitrogen and oxygen atoms in total. The monoisotopic (exact) mass is 558 g/mol. The van der Waals surface area contributed by atoms with E-state index >= 15 is 0 Å². The molecule has 0 aromatic heterocycles. The zero-order valence-electron chi connectivity index (χ0n) is 26.1. The topological polar surface area (TPSA) is 58.2 Å². The summed E-state index contributed by atoms with van der Waals surface area (Å²) in [7, 11) is 0. The van der Waals surface area contributed by atoms with Crippen molar-refractivity contribution in [1.82, 2.24) is 0 Å². The minimum Gasteiger partial charge on any atom is -0.354 e. The summed E-state index contributed by atoms with van der Waals surface area (Å²) in [6.07, 6.45) is 0. The number of para-hydroxylation sites is 2. The van der Waals surface area contributed by atoms with Crippen molar-refractivity contribution in [3.63, 3.8) is 0 Å². The molecule has 0 saturated carbocycles. The molecule has 216 valence electrons. The lowest BCUT2D eigenvalue weighted by molar-refractivity contribution is 0.0980. The highest BCUT2D eigenvalue weighted by Gasteiger charge is 2.34. The average Bonchev–Trinajstić information content (AvgIpc) is 2.95. The fourth-order valence-electron chi connectivity index (χ4n) is 6.11. The van der Waals surface area contributed by atoms with Crippen LogP contribution in [0.2, 0.25) is 0 Å². The third kappa shape index (κ3) is 5.15. The molecule has 0 radical (unpaired) electrons. The largest absolute Gasteiger partial charge is 0.354 e. The molecule has 4 aromatic rings. The van der Waals surface area contributed by atoms with Gasteiger partial charge in [0.2, 0.25) is 0 Å². The van der Waals surface area contributed by atoms with Gasteiger partial charge in [-0.25, -0.2) is 0 Å². The van der Waals surface area contributed by atoms with Crippen LogP contribution >= 0.6 is 0 Å². The number of benzene rings is 4. The molecule has 1 aliphatic carbocycles. The number of fused-ring (bicyclic) bond motifs is 2. The number of nitrogens with one attached hydrogen (secondary N) is 2. The van der Waals surface area contributed by atoms with E-state index in [9.17, 15) is 9.59 Å². The molecule has 5 rings (SSSR count). The molecule has 42 heavy (non-hydrogen) atoms. The third-order valence-corrected chi connectivity index (χ3v) is 8.34. The van der Waals surface area contributed by atoms with Gasteiger partial charge in [0.25, 0.3) is 0 Å². The van der Waals surface area contributed by atoms with Crippen LogP contribution in [0.25, 0.3) is 0 Å². The maximum Gasteiger partial charge on any atom is 0.196 e. The molecule has 4 aromatic carbocycles. The molecule has 0 unspecified atom stereocenters. The second kappa shape index (κ2) is 11.6. The normalized spacial score (nSPS) is 12.8. The quantitative estimate of drug-likeness (QED) is 0.199. The number of carbonyl (C=O) groups is 2. The fourth-order valence-corrected chi connectivity index (χ4v) is 6.11. The maximum absolute atomic E-state index is 14.2. The van der Waals surface area contributed by atoms with Crippen molar-refractivity contribution >= 4 is 34.3 Å². The molecule has 0 bridgehead atoms. The van der Waals surface area contributed by atoms with Crippen molar-refractivity contribution in [2.24, 2.45) is 0 Å². The van der Waals surface area contributed by atoms with Crippen LogP contribution in [0, 0.1) is 0 Å². The minimum absolute atomic E-state index is 0.138. The molecule has 0 saturated heterocycles. The molecule has 0 atom stereocenters. The molecule has 0 aliphatic heterocycles. The zero-order chi connectivity index (χ0) is 30.3. The number of ketones is 2. The molecule has 1 aliphatic rings. The van der Waals surface area contributed by atoms with Gasteiger partial charge in [-0.05, 0) is 58.1 Å². The Morgan fingerprint density at radius 3 is 1.00 bits per heavy atom. The Morgan fingerprint density at radius 2 is 0.714 bits per heavy atom. The van der Waals surface area contributed by atoms with E-state index in [-0.39, 0.29) is 11.6 Å². The Labute approximate surface area is 250 Å². The number of hydrogen-bond donors (Lipinski definition) is 2. The van der Waals surface area contributed by atoms with E-state index < -0.39 is 0 Å². The number of hydrogen-bond acceptors (Lipinski definition) is 4. The first-order chi connectivity index (χ1) is 20.0. The first-order valence-electron chi connectivity index (χ1n) is 15.2. The first-order valence-corrected chi connectivity index (χ1v) is 15.2. The van der Waals surface area contributed by atoms with E-state index in [0.29, 0.717) is 57.3 Å². The Hall–Kier alpha value is -4.18. The van der Waals surface area contributed by atoms with Crippen molar-refractivity contribution in [3.05, 3.63) is 117 Å². The van der Waals surface area contributed by atoms with Crippen molar-refractivity contribution in [2.75, 3.05) is 10.6 Å². The summed E-state index contributed by atoms with van der Waals surface area (Å²) in [6, 6.07) is 23.8. The van der Waals surface area contributed by atoms with Gasteiger partial charge < -0.3 is 10.6 Å². The summed E-state index contributed by atoms with van der Waals surface area (Å²) in [6.45, 7) is 17.4. The molecule has 0 heterocycles. The van der Waals surface area contributed by atoms with Gasteiger partial charge in [-0.2, -0.15) is 0 Å². The predicted molar refractivity (Wildman–Crippen MR) is 176 cm³/mol. The second-order valence-electron chi connectivity index (χ2n) is 12.6. The molecule has 4 heteroatoms. The standard InChI is InChI=1S/C38H42N2O2/c1-21(2)25-13-9-14-26(22(3)4)35(25)39-31-19-11-17-29-33(31)37(41)30-18-12-20-32(34(30)38(29)42)40-36-27(23(5)6)15-10-16-28(36)24(7)8/h9-24,39-40H,1-8H3. The minimum atomic E-state index is -0.138. The van der Waals surface area contributed by atoms with Crippen LogP contribution in [0.5, 0.6) is 0 Å². The summed E-state index contributed by atoms with van der Waals surface area (Å²) in [4.78, 5) is 28.5. The van der Waals surface area contributed by atoms with E-state index in [4.69, 9.17) is 0 Å². The molecular formula is C38H42N2O2. The smallest absolute Gasteiger partial charge is 0.196 e. The van der Waals surface area contributed by atoms with Crippen molar-refractivity contribution < 1.29 is 9.59 Å². The molecule has 0 amide bonds. The van der Waals surface area contributed by atoms with E-state index in [1.54, 1.807) is 12.1 Å². The summed E-state index contributed by atoms with van der Waals surface area (Å²) >= 11 is 0. The van der Waals surface area contributed by atoms with Crippen LogP contribution in [0.4, 0.5) is 22.7 Å². The maximum atomic E-state index is 14.2. The Balaban J connectivity index is 1.63. The van der Waals surface area contributed by atoms with E-state index in [0.717, 1.165) is 11.4 Å². The van der Waals surface area contributed by atoms with Crippen LogP contribution in [0.3, 0.4) is 0 Å². The summed E-state index contributed by atoms with van der Waals surface area (Å²) in [5, 5.41) is 7.24. The molecular weight excluding hydrogens is 516 g/mol. The highest BCUT2D eigenvalue weighted by atomic mass is 16.1. The molecule has 2 N–H and O–H groups in total. The molecule has 0 spiro atoms. The van der Waals surface area contributed by atoms with Gasteiger partial charge in [-0.15, -0.1) is 0 Å². The summed E-state index contributed by atoms with van der Waals surface area (Å²) in [5.74, 6) is 0.897. The van der Waals surface area contributed by atoms with E-state index in [1.165, 1.54) is 22.3 Å². The van der Waals surface area contributed by atoms with Gasteiger partial charge in [0.1, 0.15) is 0 Å². The number of rotatable bonds is 8. The Bertz CT molecular complexity index is 1500. The predicted octanol–water partition coefficient (Wildman–Crippen LogP) is 10.4. The van der Waals surface area contributed by atoms with Crippen LogP contribution in [-0.2, 0) is 0 Å². The Morgan fingerprint density at radius 1 is 0.429 bits per heavy atom. The van der Waals surface area contributed by atoms with E-state index in [1.807, 2.05) is 24.3 Å². The van der Waals surface area contributed by atoms with Gasteiger partial charge in [0.05, 0.1) is 22.5 Å². The lowest BCUT2D eigenvalue weighted by Crippen LogP contribution is -2.23. The second-order valence-corrected chi connectivity index (χ2v) is 12.6. The van der Waals surface area contributed by atoms with Crippen molar-refractivity contribution in [2.45, 2.75) is 79.1 Å². The Kier molecular flexibility index (Phi) is 8.10.